The van der Waals surface area contributed by atoms with Gasteiger partial charge in [-0.15, -0.1) is 0 Å². The maximum absolute atomic E-state index is 12.3. The van der Waals surface area contributed by atoms with Gasteiger partial charge in [-0.2, -0.15) is 0 Å². The SMILES string of the molecule is Cc1ccc(N=C2NC(=O)C(=Cc3ccc(-c4ccccc4Cl)o3)S2)c(C)c1. The summed E-state index contributed by atoms with van der Waals surface area (Å²) in [6.07, 6.45) is 1.71. The molecule has 0 unspecified atom stereocenters. The average Bonchev–Trinajstić information content (AvgIpc) is 3.25. The smallest absolute Gasteiger partial charge is 0.264 e. The van der Waals surface area contributed by atoms with Crippen LogP contribution in [0.3, 0.4) is 0 Å². The van der Waals surface area contributed by atoms with E-state index in [1.54, 1.807) is 6.08 Å². The molecule has 0 radical (unpaired) electrons. The van der Waals surface area contributed by atoms with Crippen LogP contribution in [-0.4, -0.2) is 11.1 Å². The number of benzene rings is 2. The number of nitrogens with zero attached hydrogens (tertiary/aromatic N) is 1. The maximum atomic E-state index is 12.3. The number of thioether (sulfide) groups is 1. The van der Waals surface area contributed by atoms with Crippen LogP contribution < -0.4 is 5.32 Å². The zero-order valence-electron chi connectivity index (χ0n) is 15.3. The summed E-state index contributed by atoms with van der Waals surface area (Å²) in [6, 6.07) is 17.2. The fraction of sp³-hybridized carbons (Fsp3) is 0.0909. The van der Waals surface area contributed by atoms with Gasteiger partial charge in [0.1, 0.15) is 11.5 Å². The van der Waals surface area contributed by atoms with Gasteiger partial charge in [0, 0.05) is 11.6 Å². The van der Waals surface area contributed by atoms with E-state index in [4.69, 9.17) is 16.0 Å². The van der Waals surface area contributed by atoms with Gasteiger partial charge in [0.25, 0.3) is 5.91 Å². The highest BCUT2D eigenvalue weighted by molar-refractivity contribution is 8.18. The Morgan fingerprint density at radius 2 is 1.93 bits per heavy atom. The predicted octanol–water partition coefficient (Wildman–Crippen LogP) is 6.11. The van der Waals surface area contributed by atoms with Crippen molar-refractivity contribution in [3.8, 4) is 11.3 Å². The van der Waals surface area contributed by atoms with Crippen LogP contribution in [0.15, 0.2) is 68.9 Å². The predicted molar refractivity (Wildman–Crippen MR) is 116 cm³/mol. The number of hydrogen-bond donors (Lipinski definition) is 1. The highest BCUT2D eigenvalue weighted by Crippen LogP contribution is 2.32. The first kappa shape index (κ1) is 18.6. The van der Waals surface area contributed by atoms with Crippen LogP contribution in [0.4, 0.5) is 5.69 Å². The van der Waals surface area contributed by atoms with Crippen molar-refractivity contribution in [1.82, 2.24) is 5.32 Å². The van der Waals surface area contributed by atoms with E-state index in [0.717, 1.165) is 16.8 Å². The molecule has 1 fully saturated rings. The summed E-state index contributed by atoms with van der Waals surface area (Å²) < 4.78 is 5.85. The molecule has 140 valence electrons. The van der Waals surface area contributed by atoms with Gasteiger partial charge in [0.05, 0.1) is 15.6 Å². The molecule has 4 rings (SSSR count). The lowest BCUT2D eigenvalue weighted by Gasteiger charge is -2.02. The lowest BCUT2D eigenvalue weighted by Crippen LogP contribution is -2.19. The first-order chi connectivity index (χ1) is 13.5. The molecule has 1 amide bonds. The molecule has 0 bridgehead atoms. The Morgan fingerprint density at radius 3 is 2.71 bits per heavy atom. The molecule has 1 aromatic heterocycles. The lowest BCUT2D eigenvalue weighted by molar-refractivity contribution is -0.115. The van der Waals surface area contributed by atoms with E-state index in [0.29, 0.717) is 26.6 Å². The molecule has 1 N–H and O–H groups in total. The van der Waals surface area contributed by atoms with Gasteiger partial charge >= 0.3 is 0 Å². The fourth-order valence-electron chi connectivity index (χ4n) is 2.89. The monoisotopic (exact) mass is 408 g/mol. The summed E-state index contributed by atoms with van der Waals surface area (Å²) in [5.74, 6) is 1.05. The molecule has 0 spiro atoms. The van der Waals surface area contributed by atoms with Crippen LogP contribution in [0.25, 0.3) is 17.4 Å². The molecule has 2 heterocycles. The quantitative estimate of drug-likeness (QED) is 0.532. The molecule has 6 heteroatoms. The van der Waals surface area contributed by atoms with Gasteiger partial charge in [-0.05, 0) is 61.5 Å². The van der Waals surface area contributed by atoms with E-state index in [1.165, 1.54) is 17.3 Å². The van der Waals surface area contributed by atoms with Crippen molar-refractivity contribution >= 4 is 46.2 Å². The van der Waals surface area contributed by atoms with Gasteiger partial charge in [-0.1, -0.05) is 41.4 Å². The molecule has 0 saturated carbocycles. The lowest BCUT2D eigenvalue weighted by atomic mass is 10.1. The Labute approximate surface area is 172 Å². The van der Waals surface area contributed by atoms with E-state index >= 15 is 0 Å². The number of carbonyl (C=O) groups excluding carboxylic acids is 1. The molecule has 1 aliphatic heterocycles. The van der Waals surface area contributed by atoms with Crippen LogP contribution in [0, 0.1) is 13.8 Å². The van der Waals surface area contributed by atoms with Gasteiger partial charge in [-0.25, -0.2) is 4.99 Å². The molecule has 28 heavy (non-hydrogen) atoms. The summed E-state index contributed by atoms with van der Waals surface area (Å²) in [7, 11) is 0. The van der Waals surface area contributed by atoms with E-state index in [2.05, 4.69) is 16.4 Å². The second-order valence-electron chi connectivity index (χ2n) is 6.45. The summed E-state index contributed by atoms with van der Waals surface area (Å²) in [4.78, 5) is 17.4. The minimum Gasteiger partial charge on any atom is -0.457 e. The molecular weight excluding hydrogens is 392 g/mol. The van der Waals surface area contributed by atoms with Crippen molar-refractivity contribution in [3.63, 3.8) is 0 Å². The van der Waals surface area contributed by atoms with Crippen molar-refractivity contribution in [1.29, 1.82) is 0 Å². The van der Waals surface area contributed by atoms with Crippen molar-refractivity contribution in [2.75, 3.05) is 0 Å². The van der Waals surface area contributed by atoms with Crippen molar-refractivity contribution in [2.45, 2.75) is 13.8 Å². The molecule has 0 aliphatic carbocycles. The summed E-state index contributed by atoms with van der Waals surface area (Å²) in [5, 5.41) is 3.98. The first-order valence-corrected chi connectivity index (χ1v) is 9.90. The van der Waals surface area contributed by atoms with Crippen molar-refractivity contribution in [2.24, 2.45) is 4.99 Å². The number of furan rings is 1. The van der Waals surface area contributed by atoms with E-state index in [9.17, 15) is 4.79 Å². The fourth-order valence-corrected chi connectivity index (χ4v) is 3.93. The third-order valence-electron chi connectivity index (χ3n) is 4.26. The van der Waals surface area contributed by atoms with Crippen LogP contribution in [0.2, 0.25) is 5.02 Å². The van der Waals surface area contributed by atoms with Crippen LogP contribution in [-0.2, 0) is 4.79 Å². The number of amides is 1. The van der Waals surface area contributed by atoms with E-state index in [-0.39, 0.29) is 5.91 Å². The number of aryl methyl sites for hydroxylation is 2. The van der Waals surface area contributed by atoms with E-state index < -0.39 is 0 Å². The third kappa shape index (κ3) is 3.91. The Balaban J connectivity index is 1.57. The van der Waals surface area contributed by atoms with Crippen LogP contribution in [0.1, 0.15) is 16.9 Å². The van der Waals surface area contributed by atoms with Gasteiger partial charge in [0.2, 0.25) is 0 Å². The highest BCUT2D eigenvalue weighted by atomic mass is 35.5. The summed E-state index contributed by atoms with van der Waals surface area (Å²) in [5.41, 5.74) is 3.90. The number of carbonyl (C=O) groups is 1. The number of amidine groups is 1. The van der Waals surface area contributed by atoms with Gasteiger partial charge in [-0.3, -0.25) is 4.79 Å². The second-order valence-corrected chi connectivity index (χ2v) is 7.89. The average molecular weight is 409 g/mol. The minimum absolute atomic E-state index is 0.191. The number of nitrogens with one attached hydrogen (secondary N) is 1. The highest BCUT2D eigenvalue weighted by Gasteiger charge is 2.24. The normalized spacial score (nSPS) is 16.8. The Hall–Kier alpha value is -2.76. The molecule has 1 saturated heterocycles. The summed E-state index contributed by atoms with van der Waals surface area (Å²) >= 11 is 7.51. The topological polar surface area (TPSA) is 54.6 Å². The molecule has 2 aromatic carbocycles. The van der Waals surface area contributed by atoms with Gasteiger partial charge in [0.15, 0.2) is 5.17 Å². The number of halogens is 1. The number of hydrogen-bond acceptors (Lipinski definition) is 4. The Kier molecular flexibility index (Phi) is 5.11. The zero-order valence-corrected chi connectivity index (χ0v) is 16.9. The molecule has 3 aromatic rings. The number of rotatable bonds is 3. The minimum atomic E-state index is -0.191. The van der Waals surface area contributed by atoms with Crippen molar-refractivity contribution in [3.05, 3.63) is 81.4 Å². The molecular formula is C22H17ClN2O2S. The zero-order chi connectivity index (χ0) is 19.7. The number of aliphatic imine (C=N–C) groups is 1. The molecule has 4 nitrogen and oxygen atoms in total. The molecule has 0 atom stereocenters. The Bertz CT molecular complexity index is 1130. The summed E-state index contributed by atoms with van der Waals surface area (Å²) in [6.45, 7) is 4.04. The van der Waals surface area contributed by atoms with Crippen molar-refractivity contribution < 1.29 is 9.21 Å². The second kappa shape index (κ2) is 7.70. The van der Waals surface area contributed by atoms with E-state index in [1.807, 2.05) is 62.4 Å². The third-order valence-corrected chi connectivity index (χ3v) is 5.50. The van der Waals surface area contributed by atoms with Crippen LogP contribution in [0.5, 0.6) is 0 Å². The first-order valence-electron chi connectivity index (χ1n) is 8.71. The maximum Gasteiger partial charge on any atom is 0.264 e. The van der Waals surface area contributed by atoms with Gasteiger partial charge < -0.3 is 9.73 Å². The standard InChI is InChI=1S/C22H17ClN2O2S/c1-13-7-9-18(14(2)11-13)24-22-25-21(26)20(28-22)12-15-8-10-19(27-15)16-5-3-4-6-17(16)23/h3-12H,1-2H3,(H,24,25,26). The van der Waals surface area contributed by atoms with Crippen LogP contribution >= 0.6 is 23.4 Å². The largest absolute Gasteiger partial charge is 0.457 e. The molecule has 1 aliphatic rings. The Morgan fingerprint density at radius 1 is 1.11 bits per heavy atom.